The van der Waals surface area contributed by atoms with Crippen LogP contribution in [0.2, 0.25) is 0 Å². The molecule has 0 heterocycles. The van der Waals surface area contributed by atoms with Crippen LogP contribution in [0.3, 0.4) is 0 Å². The lowest BCUT2D eigenvalue weighted by atomic mass is 10.0. The van der Waals surface area contributed by atoms with Gasteiger partial charge in [0.05, 0.1) is 26.4 Å². The molecule has 48 heavy (non-hydrogen) atoms. The molecule has 0 rings (SSSR count). The molecule has 0 aliphatic rings. The molecule has 0 saturated heterocycles. The average Bonchev–Trinajstić information content (AvgIpc) is 3.09. The minimum absolute atomic E-state index is 0.0788. The Morgan fingerprint density at radius 2 is 0.542 bits per heavy atom. The summed E-state index contributed by atoms with van der Waals surface area (Å²) in [5, 5.41) is 15.2. The lowest BCUT2D eigenvalue weighted by Gasteiger charge is -2.07. The van der Waals surface area contributed by atoms with Crippen LogP contribution in [0.15, 0.2) is 0 Å². The first-order valence-corrected chi connectivity index (χ1v) is 21.1. The van der Waals surface area contributed by atoms with E-state index < -0.39 is 0 Å². The summed E-state index contributed by atoms with van der Waals surface area (Å²) in [7, 11) is 0. The third-order valence-electron chi connectivity index (χ3n) is 9.13. The van der Waals surface area contributed by atoms with Crippen LogP contribution in [0.25, 0.3) is 0 Å². The van der Waals surface area contributed by atoms with E-state index in [9.17, 15) is 9.59 Å². The number of rotatable bonds is 38. The average molecular weight is 685 g/mol. The van der Waals surface area contributed by atoms with E-state index in [0.717, 1.165) is 38.5 Å². The van der Waals surface area contributed by atoms with Crippen LogP contribution in [-0.2, 0) is 19.1 Å². The first kappa shape index (κ1) is 49.0. The maximum Gasteiger partial charge on any atom is 0.305 e. The largest absolute Gasteiger partial charge is 0.466 e. The number of unbranched alkanes of at least 4 members (excludes halogenated alkanes) is 29. The minimum Gasteiger partial charge on any atom is -0.466 e. The normalized spacial score (nSPS) is 10.9. The fraction of sp³-hybridized carbons (Fsp3) is 0.952. The number of esters is 2. The monoisotopic (exact) mass is 685 g/mol. The van der Waals surface area contributed by atoms with Crippen molar-refractivity contribution in [1.29, 1.82) is 0 Å². The molecule has 0 aromatic heterocycles. The van der Waals surface area contributed by atoms with Crippen molar-refractivity contribution in [3.63, 3.8) is 0 Å². The number of ether oxygens (including phenoxy) is 2. The summed E-state index contributed by atoms with van der Waals surface area (Å²) < 4.78 is 10.7. The third-order valence-corrected chi connectivity index (χ3v) is 9.13. The van der Waals surface area contributed by atoms with E-state index in [-0.39, 0.29) is 25.2 Å². The van der Waals surface area contributed by atoms with Crippen molar-refractivity contribution in [3.8, 4) is 0 Å². The maximum atomic E-state index is 11.9. The summed E-state index contributed by atoms with van der Waals surface area (Å²) >= 11 is 0. The summed E-state index contributed by atoms with van der Waals surface area (Å²) in [5.74, 6) is -0.158. The highest BCUT2D eigenvalue weighted by molar-refractivity contribution is 5.69. The molecule has 0 spiro atoms. The van der Waals surface area contributed by atoms with Crippen molar-refractivity contribution in [2.45, 2.75) is 232 Å². The van der Waals surface area contributed by atoms with Gasteiger partial charge in [0, 0.05) is 12.8 Å². The van der Waals surface area contributed by atoms with Gasteiger partial charge in [-0.1, -0.05) is 194 Å². The molecule has 2 N–H and O–H groups in total. The molecule has 0 aliphatic carbocycles. The Balaban J connectivity index is 0. The van der Waals surface area contributed by atoms with Gasteiger partial charge in [0.25, 0.3) is 0 Å². The Morgan fingerprint density at radius 3 is 0.750 bits per heavy atom. The van der Waals surface area contributed by atoms with Crippen molar-refractivity contribution in [3.05, 3.63) is 0 Å². The van der Waals surface area contributed by atoms with Gasteiger partial charge in [-0.3, -0.25) is 9.59 Å². The number of hydrogen-bond donors (Lipinski definition) is 2. The van der Waals surface area contributed by atoms with E-state index in [0.29, 0.717) is 26.1 Å². The van der Waals surface area contributed by atoms with Crippen LogP contribution in [0.1, 0.15) is 232 Å². The zero-order valence-electron chi connectivity index (χ0n) is 32.4. The van der Waals surface area contributed by atoms with E-state index in [2.05, 4.69) is 13.8 Å². The molecule has 0 atom stereocenters. The van der Waals surface area contributed by atoms with Gasteiger partial charge in [-0.05, 0) is 25.7 Å². The Morgan fingerprint density at radius 1 is 0.333 bits per heavy atom. The molecule has 6 heteroatoms. The Labute approximate surface area is 299 Å². The molecular formula is C42H84O6. The van der Waals surface area contributed by atoms with E-state index in [4.69, 9.17) is 19.7 Å². The highest BCUT2D eigenvalue weighted by atomic mass is 16.5. The zero-order valence-corrected chi connectivity index (χ0v) is 32.4. The third kappa shape index (κ3) is 47.0. The summed E-state index contributed by atoms with van der Waals surface area (Å²) in [4.78, 5) is 23.9. The van der Waals surface area contributed by atoms with E-state index >= 15 is 0 Å². The van der Waals surface area contributed by atoms with Gasteiger partial charge in [0.1, 0.15) is 0 Å². The van der Waals surface area contributed by atoms with E-state index in [1.165, 1.54) is 167 Å². The number of carbonyl (C=O) groups excluding carboxylic acids is 2. The summed E-state index contributed by atoms with van der Waals surface area (Å²) in [6.45, 7) is 5.19. The number of carbonyl (C=O) groups is 2. The Hall–Kier alpha value is -1.14. The molecule has 288 valence electrons. The minimum atomic E-state index is -0.125. The van der Waals surface area contributed by atoms with Crippen molar-refractivity contribution >= 4 is 11.9 Å². The number of aliphatic hydroxyl groups is 2. The van der Waals surface area contributed by atoms with Gasteiger partial charge in [0.15, 0.2) is 0 Å². The molecule has 0 aliphatic heterocycles. The first-order chi connectivity index (χ1) is 23.6. The molecular weight excluding hydrogens is 600 g/mol. The molecule has 0 fully saturated rings. The Bertz CT molecular complexity index is 559. The SMILES string of the molecule is CCCCCCCCCCCCCCCCCC(=O)OCCCCOC(=O)CCCCCCCCCCCCCCCCC.OCCO. The van der Waals surface area contributed by atoms with Crippen molar-refractivity contribution in [2.75, 3.05) is 26.4 Å². The maximum absolute atomic E-state index is 11.9. The lowest BCUT2D eigenvalue weighted by Crippen LogP contribution is -2.08. The van der Waals surface area contributed by atoms with E-state index in [1.54, 1.807) is 0 Å². The van der Waals surface area contributed by atoms with Crippen LogP contribution in [-0.4, -0.2) is 48.6 Å². The van der Waals surface area contributed by atoms with Gasteiger partial charge in [-0.25, -0.2) is 0 Å². The molecule has 0 bridgehead atoms. The van der Waals surface area contributed by atoms with Crippen LogP contribution in [0.4, 0.5) is 0 Å². The van der Waals surface area contributed by atoms with Gasteiger partial charge < -0.3 is 19.7 Å². The van der Waals surface area contributed by atoms with Gasteiger partial charge >= 0.3 is 11.9 Å². The molecule has 0 radical (unpaired) electrons. The van der Waals surface area contributed by atoms with Crippen molar-refractivity contribution < 1.29 is 29.3 Å². The highest BCUT2D eigenvalue weighted by Gasteiger charge is 2.05. The van der Waals surface area contributed by atoms with Gasteiger partial charge in [-0.2, -0.15) is 0 Å². The molecule has 0 saturated carbocycles. The second-order valence-corrected chi connectivity index (χ2v) is 14.0. The van der Waals surface area contributed by atoms with Crippen molar-refractivity contribution in [2.24, 2.45) is 0 Å². The van der Waals surface area contributed by atoms with E-state index in [1.807, 2.05) is 0 Å². The standard InChI is InChI=1S/C40H78O4.C2H6O2/c1-3-5-7-9-11-13-15-17-19-21-23-25-27-29-31-35-39(41)43-37-33-34-38-44-40(42)36-32-30-28-26-24-22-20-18-16-14-12-10-8-6-4-2;3-1-2-4/h3-38H2,1-2H3;3-4H,1-2H2. The predicted molar refractivity (Wildman–Crippen MR) is 204 cm³/mol. The molecule has 0 aromatic rings. The topological polar surface area (TPSA) is 93.1 Å². The highest BCUT2D eigenvalue weighted by Crippen LogP contribution is 2.15. The number of hydrogen-bond acceptors (Lipinski definition) is 6. The van der Waals surface area contributed by atoms with Gasteiger partial charge in [-0.15, -0.1) is 0 Å². The summed E-state index contributed by atoms with van der Waals surface area (Å²) in [6.07, 6.45) is 42.5. The fourth-order valence-electron chi connectivity index (χ4n) is 6.00. The molecule has 0 unspecified atom stereocenters. The summed E-state index contributed by atoms with van der Waals surface area (Å²) in [5.41, 5.74) is 0. The molecule has 0 amide bonds. The lowest BCUT2D eigenvalue weighted by molar-refractivity contribution is -0.146. The van der Waals surface area contributed by atoms with Gasteiger partial charge in [0.2, 0.25) is 0 Å². The summed E-state index contributed by atoms with van der Waals surface area (Å²) in [6, 6.07) is 0. The van der Waals surface area contributed by atoms with Crippen LogP contribution >= 0.6 is 0 Å². The zero-order chi connectivity index (χ0) is 35.4. The number of aliphatic hydroxyl groups excluding tert-OH is 2. The second-order valence-electron chi connectivity index (χ2n) is 14.0. The molecule has 0 aromatic carbocycles. The first-order valence-electron chi connectivity index (χ1n) is 21.1. The predicted octanol–water partition coefficient (Wildman–Crippen LogP) is 12.3. The van der Waals surface area contributed by atoms with Crippen LogP contribution < -0.4 is 0 Å². The second kappa shape index (κ2) is 45.9. The fourth-order valence-corrected chi connectivity index (χ4v) is 6.00. The van der Waals surface area contributed by atoms with Crippen LogP contribution in [0.5, 0.6) is 0 Å². The Kier molecular flexibility index (Phi) is 46.8. The van der Waals surface area contributed by atoms with Crippen LogP contribution in [0, 0.1) is 0 Å². The van der Waals surface area contributed by atoms with Crippen molar-refractivity contribution in [1.82, 2.24) is 0 Å². The smallest absolute Gasteiger partial charge is 0.305 e. The quantitative estimate of drug-likeness (QED) is 0.0496. The molecule has 6 nitrogen and oxygen atoms in total.